The first-order valence-corrected chi connectivity index (χ1v) is 8.45. The van der Waals surface area contributed by atoms with Crippen LogP contribution in [0.1, 0.15) is 22.3 Å². The molecule has 10 heteroatoms. The fourth-order valence-corrected chi connectivity index (χ4v) is 2.93. The molecule has 156 valence electrons. The van der Waals surface area contributed by atoms with Crippen molar-refractivity contribution in [2.24, 2.45) is 0 Å². The summed E-state index contributed by atoms with van der Waals surface area (Å²) in [6.07, 6.45) is -11.6. The normalized spacial score (nSPS) is 16.0. The molecule has 0 amide bonds. The van der Waals surface area contributed by atoms with Crippen molar-refractivity contribution in [3.05, 3.63) is 69.2 Å². The molecule has 0 bridgehead atoms. The highest BCUT2D eigenvalue weighted by Crippen LogP contribution is 2.40. The van der Waals surface area contributed by atoms with Crippen LogP contribution in [-0.2, 0) is 11.0 Å². The minimum Gasteiger partial charge on any atom is -0.478 e. The van der Waals surface area contributed by atoms with E-state index in [1.165, 1.54) is 18.2 Å². The minimum atomic E-state index is -5.02. The van der Waals surface area contributed by atoms with Gasteiger partial charge in [-0.15, -0.1) is 0 Å². The first-order chi connectivity index (χ1) is 13.9. The van der Waals surface area contributed by atoms with Gasteiger partial charge in [-0.2, -0.15) is 26.3 Å². The van der Waals surface area contributed by atoms with Crippen LogP contribution >= 0.6 is 11.6 Å². The summed E-state index contributed by atoms with van der Waals surface area (Å²) in [5, 5.41) is 9.10. The second-order valence-corrected chi connectivity index (χ2v) is 6.58. The quantitative estimate of drug-likeness (QED) is 0.461. The first kappa shape index (κ1) is 21.6. The number of aliphatic carboxylic acids is 1. The number of alkyl halides is 6. The molecule has 0 fully saturated rings. The molecule has 2 aromatic rings. The number of hydrogen-bond acceptors (Lipinski definition) is 2. The second kappa shape index (κ2) is 7.61. The van der Waals surface area contributed by atoms with Gasteiger partial charge >= 0.3 is 18.3 Å². The second-order valence-electron chi connectivity index (χ2n) is 6.14. The van der Waals surface area contributed by atoms with Crippen molar-refractivity contribution in [1.29, 1.82) is 0 Å². The van der Waals surface area contributed by atoms with Crippen molar-refractivity contribution in [3.63, 3.8) is 0 Å². The van der Waals surface area contributed by atoms with Gasteiger partial charge in [0.1, 0.15) is 5.75 Å². The summed E-state index contributed by atoms with van der Waals surface area (Å²) < 4.78 is 83.2. The maximum absolute atomic E-state index is 13.3. The minimum absolute atomic E-state index is 0.0251. The van der Waals surface area contributed by atoms with Crippen LogP contribution in [0.3, 0.4) is 0 Å². The van der Waals surface area contributed by atoms with E-state index in [4.69, 9.17) is 21.4 Å². The molecule has 2 aromatic carbocycles. The summed E-state index contributed by atoms with van der Waals surface area (Å²) >= 11 is 5.93. The molecule has 0 radical (unpaired) electrons. The molecule has 0 spiro atoms. The van der Waals surface area contributed by atoms with Crippen LogP contribution in [0.15, 0.2) is 42.0 Å². The van der Waals surface area contributed by atoms with Crippen molar-refractivity contribution in [2.45, 2.75) is 18.5 Å². The lowest BCUT2D eigenvalue weighted by molar-refractivity contribution is -0.187. The zero-order chi connectivity index (χ0) is 22.3. The molecule has 0 saturated heterocycles. The lowest BCUT2D eigenvalue weighted by Gasteiger charge is -2.27. The molecular formula is C20H9ClF6O3. The summed E-state index contributed by atoms with van der Waals surface area (Å²) in [4.78, 5) is 11.2. The Morgan fingerprint density at radius 2 is 1.77 bits per heavy atom. The maximum atomic E-state index is 13.3. The Hall–Kier alpha value is -3.12. The molecule has 1 heterocycles. The zero-order valence-electron chi connectivity index (χ0n) is 14.5. The van der Waals surface area contributed by atoms with Crippen LogP contribution in [0.25, 0.3) is 6.08 Å². The Labute approximate surface area is 170 Å². The Morgan fingerprint density at radius 1 is 1.07 bits per heavy atom. The lowest BCUT2D eigenvalue weighted by atomic mass is 9.98. The average molecular weight is 447 g/mol. The number of halogens is 7. The summed E-state index contributed by atoms with van der Waals surface area (Å²) in [6, 6.07) is 6.43. The summed E-state index contributed by atoms with van der Waals surface area (Å²) in [5.74, 6) is 2.70. The highest BCUT2D eigenvalue weighted by atomic mass is 35.5. The smallest absolute Gasteiger partial charge is 0.430 e. The van der Waals surface area contributed by atoms with Crippen molar-refractivity contribution < 1.29 is 41.0 Å². The predicted molar refractivity (Wildman–Crippen MR) is 95.0 cm³/mol. The number of carboxylic acids is 1. The predicted octanol–water partition coefficient (Wildman–Crippen LogP) is 5.55. The fraction of sp³-hybridized carbons (Fsp3) is 0.150. The van der Waals surface area contributed by atoms with Gasteiger partial charge in [-0.3, -0.25) is 0 Å². The van der Waals surface area contributed by atoms with Crippen LogP contribution in [0.4, 0.5) is 26.3 Å². The summed E-state index contributed by atoms with van der Waals surface area (Å²) in [7, 11) is 0. The molecule has 0 aromatic heterocycles. The Kier molecular flexibility index (Phi) is 5.48. The van der Waals surface area contributed by atoms with Crippen molar-refractivity contribution in [3.8, 4) is 17.6 Å². The molecule has 30 heavy (non-hydrogen) atoms. The zero-order valence-corrected chi connectivity index (χ0v) is 15.3. The van der Waals surface area contributed by atoms with E-state index >= 15 is 0 Å². The Bertz CT molecular complexity index is 1110. The van der Waals surface area contributed by atoms with E-state index < -0.39 is 35.6 Å². The van der Waals surface area contributed by atoms with E-state index in [-0.39, 0.29) is 27.5 Å². The number of hydrogen-bond donors (Lipinski definition) is 1. The number of carboxylic acid groups (broad SMARTS) is 1. The standard InChI is InChI=1S/C20H9ClF6O3/c21-14-7-11(5-4-10-2-1-3-13(6-10)19(22,23)24)16-12(8-14)9-15(18(28)29)17(30-16)20(25,26)27/h1-3,6-9,17H,(H,28,29). The van der Waals surface area contributed by atoms with Crippen molar-refractivity contribution in [2.75, 3.05) is 0 Å². The average Bonchev–Trinajstić information content (AvgIpc) is 2.63. The summed E-state index contributed by atoms with van der Waals surface area (Å²) in [6.45, 7) is 0. The number of ether oxygens (including phenoxy) is 1. The molecule has 0 saturated carbocycles. The van der Waals surface area contributed by atoms with Crippen LogP contribution in [-0.4, -0.2) is 23.4 Å². The lowest BCUT2D eigenvalue weighted by Crippen LogP contribution is -2.40. The maximum Gasteiger partial charge on any atom is 0.430 e. The van der Waals surface area contributed by atoms with E-state index in [0.29, 0.717) is 0 Å². The van der Waals surface area contributed by atoms with Crippen molar-refractivity contribution >= 4 is 23.6 Å². The first-order valence-electron chi connectivity index (χ1n) is 8.07. The SMILES string of the molecule is O=C(O)C1=Cc2cc(Cl)cc(C#Cc3cccc(C(F)(F)F)c3)c2OC1C(F)(F)F. The highest BCUT2D eigenvalue weighted by Gasteiger charge is 2.48. The summed E-state index contributed by atoms with van der Waals surface area (Å²) in [5.41, 5.74) is -2.19. The number of benzene rings is 2. The van der Waals surface area contributed by atoms with E-state index in [9.17, 15) is 31.1 Å². The molecule has 0 aliphatic carbocycles. The van der Waals surface area contributed by atoms with Gasteiger partial charge in [0.15, 0.2) is 0 Å². The molecular weight excluding hydrogens is 438 g/mol. The van der Waals surface area contributed by atoms with E-state index in [0.717, 1.165) is 24.3 Å². The van der Waals surface area contributed by atoms with E-state index in [1.54, 1.807) is 0 Å². The van der Waals surface area contributed by atoms with E-state index in [2.05, 4.69) is 11.8 Å². The van der Waals surface area contributed by atoms with Gasteiger partial charge in [0, 0.05) is 16.1 Å². The topological polar surface area (TPSA) is 46.5 Å². The Balaban J connectivity index is 2.10. The van der Waals surface area contributed by atoms with Gasteiger partial charge in [0.25, 0.3) is 0 Å². The van der Waals surface area contributed by atoms with Gasteiger partial charge in [0.05, 0.1) is 16.7 Å². The van der Waals surface area contributed by atoms with Crippen LogP contribution in [0.5, 0.6) is 5.75 Å². The van der Waals surface area contributed by atoms with Crippen LogP contribution in [0, 0.1) is 11.8 Å². The third-order valence-corrected chi connectivity index (χ3v) is 4.21. The molecule has 1 N–H and O–H groups in total. The molecule has 1 aliphatic rings. The van der Waals surface area contributed by atoms with Gasteiger partial charge < -0.3 is 9.84 Å². The van der Waals surface area contributed by atoms with Gasteiger partial charge in [-0.1, -0.05) is 29.5 Å². The van der Waals surface area contributed by atoms with Gasteiger partial charge in [0.2, 0.25) is 6.10 Å². The number of carbonyl (C=O) groups is 1. The van der Waals surface area contributed by atoms with Crippen LogP contribution in [0.2, 0.25) is 5.02 Å². The van der Waals surface area contributed by atoms with Crippen molar-refractivity contribution in [1.82, 2.24) is 0 Å². The molecule has 3 rings (SSSR count). The largest absolute Gasteiger partial charge is 0.478 e. The molecule has 1 aliphatic heterocycles. The van der Waals surface area contributed by atoms with Gasteiger partial charge in [-0.25, -0.2) is 4.79 Å². The molecule has 3 nitrogen and oxygen atoms in total. The molecule has 1 atom stereocenters. The molecule has 1 unspecified atom stereocenters. The monoisotopic (exact) mass is 446 g/mol. The Morgan fingerprint density at radius 3 is 2.37 bits per heavy atom. The van der Waals surface area contributed by atoms with E-state index in [1.807, 2.05) is 0 Å². The van der Waals surface area contributed by atoms with Gasteiger partial charge in [-0.05, 0) is 36.4 Å². The highest BCUT2D eigenvalue weighted by molar-refractivity contribution is 6.31. The number of fused-ring (bicyclic) bond motifs is 1. The van der Waals surface area contributed by atoms with Crippen LogP contribution < -0.4 is 4.74 Å². The third kappa shape index (κ3) is 4.54. The number of rotatable bonds is 1. The third-order valence-electron chi connectivity index (χ3n) is 3.99. The fourth-order valence-electron chi connectivity index (χ4n) is 2.70.